The summed E-state index contributed by atoms with van der Waals surface area (Å²) in [4.78, 5) is 26.4. The maximum atomic E-state index is 13.8. The van der Waals surface area contributed by atoms with Crippen LogP contribution in [0.5, 0.6) is 0 Å². The summed E-state index contributed by atoms with van der Waals surface area (Å²) in [7, 11) is -2.72. The van der Waals surface area contributed by atoms with Gasteiger partial charge in [0, 0.05) is 6.54 Å². The number of amides is 1. The zero-order valence-corrected chi connectivity index (χ0v) is 20.4. The summed E-state index contributed by atoms with van der Waals surface area (Å²) in [6.07, 6.45) is -0.418. The molecule has 1 amide bonds. The van der Waals surface area contributed by atoms with Crippen LogP contribution < -0.4 is 5.32 Å². The fourth-order valence-corrected chi connectivity index (χ4v) is 5.57. The quantitative estimate of drug-likeness (QED) is 0.470. The second kappa shape index (κ2) is 10.7. The number of sulfone groups is 1. The van der Waals surface area contributed by atoms with Crippen LogP contribution in [0.1, 0.15) is 28.7 Å². The van der Waals surface area contributed by atoms with Crippen molar-refractivity contribution < 1.29 is 22.7 Å². The Morgan fingerprint density at radius 2 is 1.41 bits per heavy atom. The van der Waals surface area contributed by atoms with E-state index < -0.39 is 39.3 Å². The van der Waals surface area contributed by atoms with Gasteiger partial charge in [0.05, 0.1) is 29.6 Å². The number of ether oxygens (including phenoxy) is 1. The third kappa shape index (κ3) is 5.91. The summed E-state index contributed by atoms with van der Waals surface area (Å²) in [6.45, 7) is 3.95. The number of hydrogen-bond acceptors (Lipinski definition) is 5. The van der Waals surface area contributed by atoms with Crippen molar-refractivity contribution in [2.24, 2.45) is 0 Å². The highest BCUT2D eigenvalue weighted by molar-refractivity contribution is 7.91. The first-order chi connectivity index (χ1) is 16.2. The third-order valence-electron chi connectivity index (χ3n) is 5.82. The second-order valence-electron chi connectivity index (χ2n) is 8.44. The number of hydrogen-bond donors (Lipinski definition) is 1. The van der Waals surface area contributed by atoms with E-state index in [-0.39, 0.29) is 11.4 Å². The average Bonchev–Trinajstić information content (AvgIpc) is 2.83. The molecular weight excluding hydrogens is 450 g/mol. The summed E-state index contributed by atoms with van der Waals surface area (Å²) < 4.78 is 31.9. The minimum absolute atomic E-state index is 0.0929. The highest BCUT2D eigenvalue weighted by atomic mass is 32.2. The van der Waals surface area contributed by atoms with E-state index in [4.69, 9.17) is 4.74 Å². The van der Waals surface area contributed by atoms with Gasteiger partial charge in [-0.25, -0.2) is 8.42 Å². The van der Waals surface area contributed by atoms with Gasteiger partial charge < -0.3 is 10.1 Å². The molecule has 0 saturated carbocycles. The van der Waals surface area contributed by atoms with Gasteiger partial charge in [-0.3, -0.25) is 9.59 Å². The summed E-state index contributed by atoms with van der Waals surface area (Å²) in [6, 6.07) is 22.7. The molecule has 3 aromatic carbocycles. The molecule has 0 saturated heterocycles. The molecule has 0 aliphatic rings. The van der Waals surface area contributed by atoms with Crippen LogP contribution in [0.2, 0.25) is 0 Å². The van der Waals surface area contributed by atoms with Gasteiger partial charge in [0.25, 0.3) is 0 Å². The number of nitrogens with one attached hydrogen (secondary N) is 1. The summed E-state index contributed by atoms with van der Waals surface area (Å²) in [5, 5.41) is 2.85. The van der Waals surface area contributed by atoms with Crippen LogP contribution in [0.3, 0.4) is 0 Å². The number of benzene rings is 3. The van der Waals surface area contributed by atoms with Crippen LogP contribution in [-0.2, 0) is 36.1 Å². The van der Waals surface area contributed by atoms with Crippen molar-refractivity contribution in [1.82, 2.24) is 5.32 Å². The van der Waals surface area contributed by atoms with E-state index in [1.54, 1.807) is 36.4 Å². The van der Waals surface area contributed by atoms with E-state index in [1.165, 1.54) is 19.2 Å². The fraction of sp³-hybridized carbons (Fsp3) is 0.259. The highest BCUT2D eigenvalue weighted by Crippen LogP contribution is 2.34. The number of esters is 1. The van der Waals surface area contributed by atoms with Crippen molar-refractivity contribution in [2.75, 3.05) is 12.9 Å². The van der Waals surface area contributed by atoms with Crippen molar-refractivity contribution in [1.29, 1.82) is 0 Å². The minimum Gasteiger partial charge on any atom is -0.469 e. The molecular formula is C27H29NO5S. The van der Waals surface area contributed by atoms with Gasteiger partial charge in [-0.05, 0) is 37.1 Å². The number of carbonyl (C=O) groups excluding carboxylic acids is 2. The lowest BCUT2D eigenvalue weighted by atomic mass is 9.78. The van der Waals surface area contributed by atoms with E-state index in [0.717, 1.165) is 16.7 Å². The first kappa shape index (κ1) is 25.2. The SMILES string of the molecule is COC(=O)CC(CS(=O)(=O)c1ccc(C)cc1)(C(=O)NCc1ccccc1)c1ccc(C)cc1. The fourth-order valence-electron chi connectivity index (χ4n) is 3.81. The number of carbonyl (C=O) groups is 2. The van der Waals surface area contributed by atoms with Gasteiger partial charge in [-0.15, -0.1) is 0 Å². The van der Waals surface area contributed by atoms with Gasteiger partial charge in [-0.2, -0.15) is 0 Å². The summed E-state index contributed by atoms with van der Waals surface area (Å²) in [5.74, 6) is -1.81. The molecule has 1 unspecified atom stereocenters. The largest absolute Gasteiger partial charge is 0.469 e. The van der Waals surface area contributed by atoms with Gasteiger partial charge >= 0.3 is 5.97 Å². The lowest BCUT2D eigenvalue weighted by Crippen LogP contribution is -2.50. The first-order valence-electron chi connectivity index (χ1n) is 10.9. The predicted molar refractivity (Wildman–Crippen MR) is 131 cm³/mol. The molecule has 0 aliphatic carbocycles. The molecule has 3 aromatic rings. The smallest absolute Gasteiger partial charge is 0.306 e. The van der Waals surface area contributed by atoms with E-state index >= 15 is 0 Å². The van der Waals surface area contributed by atoms with Gasteiger partial charge in [-0.1, -0.05) is 77.9 Å². The maximum absolute atomic E-state index is 13.8. The maximum Gasteiger partial charge on any atom is 0.306 e. The minimum atomic E-state index is -3.94. The van der Waals surface area contributed by atoms with Crippen LogP contribution >= 0.6 is 0 Å². The van der Waals surface area contributed by atoms with E-state index in [2.05, 4.69) is 5.32 Å². The van der Waals surface area contributed by atoms with Crippen molar-refractivity contribution >= 4 is 21.7 Å². The zero-order valence-electron chi connectivity index (χ0n) is 19.6. The highest BCUT2D eigenvalue weighted by Gasteiger charge is 2.46. The Kier molecular flexibility index (Phi) is 7.89. The van der Waals surface area contributed by atoms with Crippen molar-refractivity contribution in [3.8, 4) is 0 Å². The molecule has 178 valence electrons. The normalized spacial score (nSPS) is 13.0. The predicted octanol–water partition coefficient (Wildman–Crippen LogP) is 3.89. The van der Waals surface area contributed by atoms with Crippen molar-refractivity contribution in [2.45, 2.75) is 37.1 Å². The molecule has 0 bridgehead atoms. The van der Waals surface area contributed by atoms with Crippen molar-refractivity contribution in [3.63, 3.8) is 0 Å². The molecule has 0 fully saturated rings. The molecule has 0 radical (unpaired) electrons. The van der Waals surface area contributed by atoms with E-state index in [1.807, 2.05) is 44.2 Å². The number of methoxy groups -OCH3 is 1. The van der Waals surface area contributed by atoms with Crippen LogP contribution in [0.4, 0.5) is 0 Å². The third-order valence-corrected chi connectivity index (χ3v) is 7.69. The standard InChI is InChI=1S/C27H29NO5S/c1-20-9-13-23(14-10-20)27(17-25(29)33-3,26(30)28-18-22-7-5-4-6-8-22)19-34(31,32)24-15-11-21(2)12-16-24/h4-16H,17-19H2,1-3H3,(H,28,30). The lowest BCUT2D eigenvalue weighted by Gasteiger charge is -2.32. The topological polar surface area (TPSA) is 89.5 Å². The van der Waals surface area contributed by atoms with Gasteiger partial charge in [0.15, 0.2) is 9.84 Å². The Morgan fingerprint density at radius 3 is 1.97 bits per heavy atom. The molecule has 0 aromatic heterocycles. The summed E-state index contributed by atoms with van der Waals surface area (Å²) >= 11 is 0. The Bertz CT molecular complexity index is 1240. The lowest BCUT2D eigenvalue weighted by molar-refractivity contribution is -0.144. The molecule has 0 heterocycles. The molecule has 0 aliphatic heterocycles. The Hall–Kier alpha value is -3.45. The molecule has 1 atom stereocenters. The van der Waals surface area contributed by atoms with Crippen LogP contribution in [0, 0.1) is 13.8 Å². The van der Waals surface area contributed by atoms with E-state index in [0.29, 0.717) is 5.56 Å². The number of aryl methyl sites for hydroxylation is 2. The molecule has 0 spiro atoms. The summed E-state index contributed by atoms with van der Waals surface area (Å²) in [5.41, 5.74) is 1.47. The van der Waals surface area contributed by atoms with Gasteiger partial charge in [0.1, 0.15) is 0 Å². The van der Waals surface area contributed by atoms with Crippen LogP contribution in [0.15, 0.2) is 83.8 Å². The Morgan fingerprint density at radius 1 is 0.853 bits per heavy atom. The molecule has 3 rings (SSSR count). The van der Waals surface area contributed by atoms with Gasteiger partial charge in [0.2, 0.25) is 5.91 Å². The van der Waals surface area contributed by atoms with Crippen LogP contribution in [0.25, 0.3) is 0 Å². The average molecular weight is 480 g/mol. The van der Waals surface area contributed by atoms with E-state index in [9.17, 15) is 18.0 Å². The second-order valence-corrected chi connectivity index (χ2v) is 10.4. The first-order valence-corrected chi connectivity index (χ1v) is 12.6. The molecule has 6 nitrogen and oxygen atoms in total. The van der Waals surface area contributed by atoms with Crippen molar-refractivity contribution in [3.05, 3.63) is 101 Å². The zero-order chi connectivity index (χ0) is 24.8. The monoisotopic (exact) mass is 479 g/mol. The molecule has 1 N–H and O–H groups in total. The molecule has 7 heteroatoms. The Labute approximate surface area is 200 Å². The molecule has 34 heavy (non-hydrogen) atoms. The number of rotatable bonds is 9. The van der Waals surface area contributed by atoms with Crippen LogP contribution in [-0.4, -0.2) is 33.2 Å². The Balaban J connectivity index is 2.09.